The van der Waals surface area contributed by atoms with Gasteiger partial charge in [-0.1, -0.05) is 11.6 Å². The molecule has 1 saturated heterocycles. The Morgan fingerprint density at radius 3 is 2.30 bits per heavy atom. The first kappa shape index (κ1) is 24.4. The summed E-state index contributed by atoms with van der Waals surface area (Å²) < 4.78 is 0. The lowest BCUT2D eigenvalue weighted by atomic mass is 10.2. The molecule has 1 aromatic heterocycles. The number of Topliss-reactive ketones (excluding diaryl/α,β-unsaturated/α-hetero) is 1. The number of ketones is 1. The maximum atomic E-state index is 12.3. The standard InChI is InChI=1S/C23H29ClN6O3/c1-16(31)3-8-22(33)30-13-11-29(12-14-30)21-15-20(26-10-9-25-17(2)32)27-23(28-21)18-4-6-19(24)7-5-18/h4-7,15H,3,8-14H2,1-2H3,(H,25,32)(H,26,27,28). The number of aromatic nitrogens is 2. The summed E-state index contributed by atoms with van der Waals surface area (Å²) >= 11 is 6.03. The molecule has 0 unspecified atom stereocenters. The Bertz CT molecular complexity index is 990. The zero-order valence-electron chi connectivity index (χ0n) is 18.9. The van der Waals surface area contributed by atoms with Gasteiger partial charge in [-0.15, -0.1) is 0 Å². The van der Waals surface area contributed by atoms with E-state index in [-0.39, 0.29) is 30.4 Å². The molecule has 3 rings (SSSR count). The molecule has 9 nitrogen and oxygen atoms in total. The maximum absolute atomic E-state index is 12.3. The number of nitrogens with one attached hydrogen (secondary N) is 2. The van der Waals surface area contributed by atoms with E-state index in [0.717, 1.165) is 11.4 Å². The highest BCUT2D eigenvalue weighted by molar-refractivity contribution is 6.30. The fourth-order valence-corrected chi connectivity index (χ4v) is 3.60. The maximum Gasteiger partial charge on any atom is 0.223 e. The summed E-state index contributed by atoms with van der Waals surface area (Å²) in [6, 6.07) is 9.20. The molecule has 33 heavy (non-hydrogen) atoms. The number of carbonyl (C=O) groups is 3. The average molecular weight is 473 g/mol. The van der Waals surface area contributed by atoms with Crippen molar-refractivity contribution in [3.8, 4) is 11.4 Å². The van der Waals surface area contributed by atoms with Gasteiger partial charge in [0.15, 0.2) is 5.82 Å². The van der Waals surface area contributed by atoms with Crippen LogP contribution in [0.5, 0.6) is 0 Å². The molecule has 1 aromatic carbocycles. The van der Waals surface area contributed by atoms with Crippen LogP contribution in [0.3, 0.4) is 0 Å². The zero-order valence-corrected chi connectivity index (χ0v) is 19.7. The van der Waals surface area contributed by atoms with Crippen molar-refractivity contribution in [2.75, 3.05) is 49.5 Å². The van der Waals surface area contributed by atoms with Crippen molar-refractivity contribution >= 4 is 40.8 Å². The first-order chi connectivity index (χ1) is 15.8. The summed E-state index contributed by atoms with van der Waals surface area (Å²) in [6.45, 7) is 6.39. The number of rotatable bonds is 9. The second-order valence-corrected chi connectivity index (χ2v) is 8.36. The molecule has 0 atom stereocenters. The van der Waals surface area contributed by atoms with Gasteiger partial charge in [0.1, 0.15) is 17.4 Å². The first-order valence-corrected chi connectivity index (χ1v) is 11.3. The lowest BCUT2D eigenvalue weighted by molar-refractivity contribution is -0.133. The molecule has 1 aliphatic heterocycles. The third-order valence-corrected chi connectivity index (χ3v) is 5.52. The van der Waals surface area contributed by atoms with Crippen molar-refractivity contribution in [2.24, 2.45) is 0 Å². The van der Waals surface area contributed by atoms with Crippen molar-refractivity contribution in [1.29, 1.82) is 0 Å². The van der Waals surface area contributed by atoms with Gasteiger partial charge in [0, 0.05) is 75.7 Å². The van der Waals surface area contributed by atoms with Gasteiger partial charge in [-0.05, 0) is 31.2 Å². The van der Waals surface area contributed by atoms with Gasteiger partial charge in [-0.2, -0.15) is 0 Å². The van der Waals surface area contributed by atoms with E-state index >= 15 is 0 Å². The van der Waals surface area contributed by atoms with E-state index in [0.29, 0.717) is 55.9 Å². The van der Waals surface area contributed by atoms with Gasteiger partial charge < -0.3 is 25.2 Å². The molecule has 2 heterocycles. The molecule has 2 N–H and O–H groups in total. The van der Waals surface area contributed by atoms with Crippen LogP contribution in [0, 0.1) is 0 Å². The largest absolute Gasteiger partial charge is 0.368 e. The fraction of sp³-hybridized carbons (Fsp3) is 0.435. The number of anilines is 2. The Morgan fingerprint density at radius 2 is 1.67 bits per heavy atom. The molecule has 0 bridgehead atoms. The van der Waals surface area contributed by atoms with Crippen LogP contribution in [0.15, 0.2) is 30.3 Å². The normalized spacial score (nSPS) is 13.5. The van der Waals surface area contributed by atoms with E-state index < -0.39 is 0 Å². The molecule has 0 spiro atoms. The molecular formula is C23H29ClN6O3. The third-order valence-electron chi connectivity index (χ3n) is 5.27. The average Bonchev–Trinajstić information content (AvgIpc) is 2.80. The molecule has 2 amide bonds. The second kappa shape index (κ2) is 11.6. The minimum Gasteiger partial charge on any atom is -0.368 e. The number of amides is 2. The topological polar surface area (TPSA) is 108 Å². The SMILES string of the molecule is CC(=O)CCC(=O)N1CCN(c2cc(NCCNC(C)=O)nc(-c3ccc(Cl)cc3)n2)CC1. The van der Waals surface area contributed by atoms with Gasteiger partial charge in [0.25, 0.3) is 0 Å². The van der Waals surface area contributed by atoms with E-state index in [4.69, 9.17) is 16.6 Å². The Kier molecular flexibility index (Phi) is 8.59. The Morgan fingerprint density at radius 1 is 0.970 bits per heavy atom. The summed E-state index contributed by atoms with van der Waals surface area (Å²) in [7, 11) is 0. The molecule has 176 valence electrons. The number of benzene rings is 1. The first-order valence-electron chi connectivity index (χ1n) is 11.0. The minimum absolute atomic E-state index is 0.00900. The van der Waals surface area contributed by atoms with Crippen LogP contribution in [0.2, 0.25) is 5.02 Å². The van der Waals surface area contributed by atoms with E-state index in [2.05, 4.69) is 20.5 Å². The van der Waals surface area contributed by atoms with Crippen LogP contribution in [0.25, 0.3) is 11.4 Å². The van der Waals surface area contributed by atoms with Crippen LogP contribution in [-0.4, -0.2) is 71.7 Å². The van der Waals surface area contributed by atoms with Gasteiger partial charge in [-0.3, -0.25) is 9.59 Å². The highest BCUT2D eigenvalue weighted by atomic mass is 35.5. The monoisotopic (exact) mass is 472 g/mol. The lowest BCUT2D eigenvalue weighted by Gasteiger charge is -2.35. The Hall–Kier alpha value is -3.20. The van der Waals surface area contributed by atoms with E-state index in [1.54, 1.807) is 17.0 Å². The summed E-state index contributed by atoms with van der Waals surface area (Å²) in [5, 5.41) is 6.62. The molecule has 1 fully saturated rings. The molecule has 10 heteroatoms. The van der Waals surface area contributed by atoms with E-state index in [1.807, 2.05) is 18.2 Å². The predicted molar refractivity (Wildman–Crippen MR) is 128 cm³/mol. The van der Waals surface area contributed by atoms with Crippen molar-refractivity contribution < 1.29 is 14.4 Å². The molecule has 0 radical (unpaired) electrons. The summed E-state index contributed by atoms with van der Waals surface area (Å²) in [4.78, 5) is 47.9. The van der Waals surface area contributed by atoms with Crippen LogP contribution in [-0.2, 0) is 14.4 Å². The van der Waals surface area contributed by atoms with Gasteiger partial charge in [0.2, 0.25) is 11.8 Å². The number of carbonyl (C=O) groups excluding carboxylic acids is 3. The summed E-state index contributed by atoms with van der Waals surface area (Å²) in [5.74, 6) is 1.91. The smallest absolute Gasteiger partial charge is 0.223 e. The summed E-state index contributed by atoms with van der Waals surface area (Å²) in [5.41, 5.74) is 0.837. The van der Waals surface area contributed by atoms with Crippen LogP contribution >= 0.6 is 11.6 Å². The minimum atomic E-state index is -0.0854. The highest BCUT2D eigenvalue weighted by Gasteiger charge is 2.23. The lowest BCUT2D eigenvalue weighted by Crippen LogP contribution is -2.49. The molecule has 2 aromatic rings. The fourth-order valence-electron chi connectivity index (χ4n) is 3.47. The number of hydrogen-bond donors (Lipinski definition) is 2. The van der Waals surface area contributed by atoms with E-state index in [9.17, 15) is 14.4 Å². The highest BCUT2D eigenvalue weighted by Crippen LogP contribution is 2.24. The van der Waals surface area contributed by atoms with Crippen molar-refractivity contribution in [3.63, 3.8) is 0 Å². The molecule has 0 saturated carbocycles. The van der Waals surface area contributed by atoms with E-state index in [1.165, 1.54) is 13.8 Å². The Labute approximate surface area is 198 Å². The number of halogens is 1. The van der Waals surface area contributed by atoms with Gasteiger partial charge >= 0.3 is 0 Å². The van der Waals surface area contributed by atoms with Crippen LogP contribution < -0.4 is 15.5 Å². The number of piperazine rings is 1. The molecular weight excluding hydrogens is 444 g/mol. The quantitative estimate of drug-likeness (QED) is 0.539. The number of hydrogen-bond acceptors (Lipinski definition) is 7. The molecule has 1 aliphatic rings. The van der Waals surface area contributed by atoms with Crippen molar-refractivity contribution in [1.82, 2.24) is 20.2 Å². The van der Waals surface area contributed by atoms with Crippen LogP contribution in [0.1, 0.15) is 26.7 Å². The summed E-state index contributed by atoms with van der Waals surface area (Å²) in [6.07, 6.45) is 0.537. The zero-order chi connectivity index (χ0) is 23.8. The predicted octanol–water partition coefficient (Wildman–Crippen LogP) is 2.36. The third kappa shape index (κ3) is 7.42. The van der Waals surface area contributed by atoms with Gasteiger partial charge in [0.05, 0.1) is 0 Å². The Balaban J connectivity index is 1.73. The van der Waals surface area contributed by atoms with Crippen molar-refractivity contribution in [3.05, 3.63) is 35.4 Å². The second-order valence-electron chi connectivity index (χ2n) is 7.92. The number of nitrogens with zero attached hydrogens (tertiary/aromatic N) is 4. The molecule has 0 aliphatic carbocycles. The van der Waals surface area contributed by atoms with Crippen molar-refractivity contribution in [2.45, 2.75) is 26.7 Å². The van der Waals surface area contributed by atoms with Crippen LogP contribution in [0.4, 0.5) is 11.6 Å². The van der Waals surface area contributed by atoms with Gasteiger partial charge in [-0.25, -0.2) is 9.97 Å².